The largest absolute Gasteiger partial charge is 0.317 e. The van der Waals surface area contributed by atoms with Gasteiger partial charge < -0.3 is 5.32 Å². The summed E-state index contributed by atoms with van der Waals surface area (Å²) >= 11 is 0. The average Bonchev–Trinajstić information content (AvgIpc) is 2.33. The molecule has 5 heteroatoms. The first kappa shape index (κ1) is 18.9. The highest BCUT2D eigenvalue weighted by atomic mass is 32.2. The molecule has 0 bridgehead atoms. The summed E-state index contributed by atoms with van der Waals surface area (Å²) in [6.07, 6.45) is 4.95. The Morgan fingerprint density at radius 1 is 1.00 bits per heavy atom. The van der Waals surface area contributed by atoms with Gasteiger partial charge in [-0.05, 0) is 46.2 Å². The summed E-state index contributed by atoms with van der Waals surface area (Å²) in [5.41, 5.74) is 0. The highest BCUT2D eigenvalue weighted by molar-refractivity contribution is 7.89. The number of nitrogens with zero attached hydrogens (tertiary/aromatic N) is 1. The highest BCUT2D eigenvalue weighted by Crippen LogP contribution is 2.11. The zero-order valence-corrected chi connectivity index (χ0v) is 13.9. The molecule has 0 aliphatic carbocycles. The average molecular weight is 292 g/mol. The number of sulfonamides is 1. The lowest BCUT2D eigenvalue weighted by Gasteiger charge is -2.26. The Balaban J connectivity index is 4.21. The SMILES string of the molecule is CCCCCN(C(C)C)S(=O)(=O)CCCNCCC. The number of hydrogen-bond acceptors (Lipinski definition) is 3. The summed E-state index contributed by atoms with van der Waals surface area (Å²) in [7, 11) is -3.10. The number of hydrogen-bond donors (Lipinski definition) is 1. The standard InChI is InChI=1S/C14H32N2O2S/c1-5-7-8-12-16(14(3)4)19(17,18)13-9-11-15-10-6-2/h14-15H,5-13H2,1-4H3. The van der Waals surface area contributed by atoms with E-state index in [0.717, 1.165) is 38.8 Å². The number of unbranched alkanes of at least 4 members (excludes halogenated alkanes) is 2. The highest BCUT2D eigenvalue weighted by Gasteiger charge is 2.23. The molecule has 0 saturated carbocycles. The van der Waals surface area contributed by atoms with E-state index in [1.165, 1.54) is 0 Å². The van der Waals surface area contributed by atoms with Crippen molar-refractivity contribution in [2.24, 2.45) is 0 Å². The Morgan fingerprint density at radius 2 is 1.68 bits per heavy atom. The zero-order chi connectivity index (χ0) is 14.7. The fourth-order valence-electron chi connectivity index (χ4n) is 2.03. The van der Waals surface area contributed by atoms with Crippen LogP contribution in [0.15, 0.2) is 0 Å². The lowest BCUT2D eigenvalue weighted by molar-refractivity contribution is 0.345. The Hall–Kier alpha value is -0.130. The minimum atomic E-state index is -3.10. The fraction of sp³-hybridized carbons (Fsp3) is 1.00. The first-order valence-corrected chi connectivity index (χ1v) is 9.26. The van der Waals surface area contributed by atoms with Crippen molar-refractivity contribution in [3.8, 4) is 0 Å². The first-order chi connectivity index (χ1) is 8.95. The van der Waals surface area contributed by atoms with Gasteiger partial charge >= 0.3 is 0 Å². The Labute approximate surface area is 120 Å². The van der Waals surface area contributed by atoms with Gasteiger partial charge in [-0.3, -0.25) is 0 Å². The molecule has 0 aliphatic heterocycles. The van der Waals surface area contributed by atoms with Gasteiger partial charge in [-0.1, -0.05) is 26.7 Å². The Morgan fingerprint density at radius 3 is 2.21 bits per heavy atom. The Bertz CT molecular complexity index is 303. The van der Waals surface area contributed by atoms with Crippen LogP contribution in [0.4, 0.5) is 0 Å². The van der Waals surface area contributed by atoms with Gasteiger partial charge in [0.1, 0.15) is 0 Å². The first-order valence-electron chi connectivity index (χ1n) is 7.66. The van der Waals surface area contributed by atoms with Crippen LogP contribution in [0, 0.1) is 0 Å². The molecule has 1 N–H and O–H groups in total. The van der Waals surface area contributed by atoms with Crippen molar-refractivity contribution >= 4 is 10.0 Å². The molecule has 19 heavy (non-hydrogen) atoms. The molecule has 0 saturated heterocycles. The van der Waals surface area contributed by atoms with E-state index in [4.69, 9.17) is 0 Å². The fourth-order valence-corrected chi connectivity index (χ4v) is 3.83. The van der Waals surface area contributed by atoms with Crippen molar-refractivity contribution in [2.75, 3.05) is 25.4 Å². The normalized spacial score (nSPS) is 12.5. The molecule has 0 fully saturated rings. The molecule has 0 unspecified atom stereocenters. The van der Waals surface area contributed by atoms with E-state index in [9.17, 15) is 8.42 Å². The second kappa shape index (κ2) is 10.6. The van der Waals surface area contributed by atoms with Gasteiger partial charge in [-0.2, -0.15) is 4.31 Å². The van der Waals surface area contributed by atoms with Crippen molar-refractivity contribution in [1.29, 1.82) is 0 Å². The van der Waals surface area contributed by atoms with Crippen LogP contribution in [0.2, 0.25) is 0 Å². The third kappa shape index (κ3) is 8.60. The molecular weight excluding hydrogens is 260 g/mol. The minimum Gasteiger partial charge on any atom is -0.317 e. The number of rotatable bonds is 12. The minimum absolute atomic E-state index is 0.0606. The second-order valence-corrected chi connectivity index (χ2v) is 7.37. The van der Waals surface area contributed by atoms with Crippen LogP contribution >= 0.6 is 0 Å². The van der Waals surface area contributed by atoms with Gasteiger partial charge in [-0.15, -0.1) is 0 Å². The van der Waals surface area contributed by atoms with Gasteiger partial charge in [0.25, 0.3) is 0 Å². The summed E-state index contributed by atoms with van der Waals surface area (Å²) in [5, 5.41) is 3.25. The van der Waals surface area contributed by atoms with Crippen molar-refractivity contribution in [2.45, 2.75) is 65.8 Å². The van der Waals surface area contributed by atoms with Crippen LogP contribution in [0.3, 0.4) is 0 Å². The van der Waals surface area contributed by atoms with E-state index in [1.54, 1.807) is 4.31 Å². The van der Waals surface area contributed by atoms with Gasteiger partial charge in [0.2, 0.25) is 10.0 Å². The van der Waals surface area contributed by atoms with E-state index in [-0.39, 0.29) is 11.8 Å². The predicted molar refractivity (Wildman–Crippen MR) is 82.9 cm³/mol. The van der Waals surface area contributed by atoms with E-state index < -0.39 is 10.0 Å². The van der Waals surface area contributed by atoms with Gasteiger partial charge in [0.15, 0.2) is 0 Å². The molecule has 0 heterocycles. The maximum atomic E-state index is 12.3. The topological polar surface area (TPSA) is 49.4 Å². The molecule has 116 valence electrons. The van der Waals surface area contributed by atoms with Crippen LogP contribution in [-0.4, -0.2) is 44.2 Å². The smallest absolute Gasteiger partial charge is 0.214 e. The molecule has 0 aromatic rings. The van der Waals surface area contributed by atoms with Crippen molar-refractivity contribution in [3.63, 3.8) is 0 Å². The van der Waals surface area contributed by atoms with Crippen LogP contribution in [0.5, 0.6) is 0 Å². The van der Waals surface area contributed by atoms with Crippen LogP contribution in [-0.2, 0) is 10.0 Å². The van der Waals surface area contributed by atoms with Crippen LogP contribution in [0.1, 0.15) is 59.8 Å². The molecular formula is C14H32N2O2S. The van der Waals surface area contributed by atoms with Crippen LogP contribution < -0.4 is 5.32 Å². The summed E-state index contributed by atoms with van der Waals surface area (Å²) in [6.45, 7) is 10.6. The predicted octanol–water partition coefficient (Wildman–Crippen LogP) is 2.61. The third-order valence-corrected chi connectivity index (χ3v) is 5.22. The lowest BCUT2D eigenvalue weighted by atomic mass is 10.2. The van der Waals surface area contributed by atoms with Gasteiger partial charge in [0.05, 0.1) is 5.75 Å². The Kier molecular flexibility index (Phi) is 10.6. The third-order valence-electron chi connectivity index (χ3n) is 3.10. The summed E-state index contributed by atoms with van der Waals surface area (Å²) in [5.74, 6) is 0.258. The van der Waals surface area contributed by atoms with E-state index >= 15 is 0 Å². The monoisotopic (exact) mass is 292 g/mol. The maximum Gasteiger partial charge on any atom is 0.214 e. The molecule has 0 aromatic heterocycles. The van der Waals surface area contributed by atoms with E-state index in [2.05, 4.69) is 19.2 Å². The molecule has 0 rings (SSSR count). The lowest BCUT2D eigenvalue weighted by Crippen LogP contribution is -2.39. The summed E-state index contributed by atoms with van der Waals surface area (Å²) < 4.78 is 26.3. The molecule has 0 aromatic carbocycles. The van der Waals surface area contributed by atoms with Crippen molar-refractivity contribution in [1.82, 2.24) is 9.62 Å². The molecule has 0 radical (unpaired) electrons. The number of nitrogens with one attached hydrogen (secondary N) is 1. The van der Waals surface area contributed by atoms with E-state index in [1.807, 2.05) is 13.8 Å². The molecule has 4 nitrogen and oxygen atoms in total. The molecule has 0 amide bonds. The van der Waals surface area contributed by atoms with Crippen LogP contribution in [0.25, 0.3) is 0 Å². The molecule has 0 aliphatic rings. The van der Waals surface area contributed by atoms with Gasteiger partial charge in [-0.25, -0.2) is 8.42 Å². The van der Waals surface area contributed by atoms with E-state index in [0.29, 0.717) is 13.0 Å². The summed E-state index contributed by atoms with van der Waals surface area (Å²) in [4.78, 5) is 0. The van der Waals surface area contributed by atoms with Gasteiger partial charge in [0, 0.05) is 12.6 Å². The zero-order valence-electron chi connectivity index (χ0n) is 13.1. The second-order valence-electron chi connectivity index (χ2n) is 5.33. The maximum absolute atomic E-state index is 12.3. The molecule has 0 spiro atoms. The van der Waals surface area contributed by atoms with Crippen molar-refractivity contribution in [3.05, 3.63) is 0 Å². The summed E-state index contributed by atoms with van der Waals surface area (Å²) in [6, 6.07) is 0.0606. The van der Waals surface area contributed by atoms with Crippen molar-refractivity contribution < 1.29 is 8.42 Å². The quantitative estimate of drug-likeness (QED) is 0.563. The molecule has 0 atom stereocenters.